The van der Waals surface area contributed by atoms with Gasteiger partial charge in [-0.25, -0.2) is 9.98 Å². The second kappa shape index (κ2) is 5.01. The van der Waals surface area contributed by atoms with Gasteiger partial charge in [0.2, 0.25) is 0 Å². The van der Waals surface area contributed by atoms with Gasteiger partial charge in [0.1, 0.15) is 5.15 Å². The SMILES string of the molecule is O=C([C@H]1N=CO[C@@H]1c1ccnc(Cl)c1)N1CC=CC1. The Morgan fingerprint density at radius 2 is 2.21 bits per heavy atom. The molecule has 2 atom stereocenters. The summed E-state index contributed by atoms with van der Waals surface area (Å²) in [6.45, 7) is 1.27. The van der Waals surface area contributed by atoms with E-state index in [9.17, 15) is 4.79 Å². The number of hydrogen-bond donors (Lipinski definition) is 0. The van der Waals surface area contributed by atoms with E-state index in [0.29, 0.717) is 18.2 Å². The van der Waals surface area contributed by atoms with Crippen LogP contribution in [0.15, 0.2) is 35.5 Å². The zero-order valence-electron chi connectivity index (χ0n) is 10.1. The number of pyridine rings is 1. The summed E-state index contributed by atoms with van der Waals surface area (Å²) in [7, 11) is 0. The van der Waals surface area contributed by atoms with Crippen LogP contribution in [-0.4, -0.2) is 41.3 Å². The highest BCUT2D eigenvalue weighted by atomic mass is 35.5. The fourth-order valence-corrected chi connectivity index (χ4v) is 2.39. The number of ether oxygens (including phenoxy) is 1. The lowest BCUT2D eigenvalue weighted by Crippen LogP contribution is -2.38. The molecule has 0 aromatic carbocycles. The van der Waals surface area contributed by atoms with E-state index in [1.165, 1.54) is 6.40 Å². The lowest BCUT2D eigenvalue weighted by Gasteiger charge is -2.22. The van der Waals surface area contributed by atoms with E-state index >= 15 is 0 Å². The minimum atomic E-state index is -0.543. The molecule has 0 radical (unpaired) electrons. The summed E-state index contributed by atoms with van der Waals surface area (Å²) >= 11 is 5.86. The van der Waals surface area contributed by atoms with Gasteiger partial charge in [-0.1, -0.05) is 23.8 Å². The third-order valence-electron chi connectivity index (χ3n) is 3.18. The van der Waals surface area contributed by atoms with Crippen LogP contribution in [0.2, 0.25) is 5.15 Å². The van der Waals surface area contributed by atoms with Gasteiger partial charge >= 0.3 is 0 Å². The molecule has 6 heteroatoms. The summed E-state index contributed by atoms with van der Waals surface area (Å²) in [5.74, 6) is -0.0308. The van der Waals surface area contributed by atoms with Crippen LogP contribution >= 0.6 is 11.6 Å². The molecule has 0 unspecified atom stereocenters. The van der Waals surface area contributed by atoms with Crippen LogP contribution in [0.25, 0.3) is 0 Å². The Bertz CT molecular complexity index is 551. The molecule has 5 nitrogen and oxygen atoms in total. The molecule has 2 aliphatic heterocycles. The maximum atomic E-state index is 12.4. The quantitative estimate of drug-likeness (QED) is 0.609. The third kappa shape index (κ3) is 2.33. The monoisotopic (exact) mass is 277 g/mol. The molecule has 0 aliphatic carbocycles. The summed E-state index contributed by atoms with van der Waals surface area (Å²) in [5.41, 5.74) is 0.808. The Morgan fingerprint density at radius 3 is 2.95 bits per heavy atom. The lowest BCUT2D eigenvalue weighted by atomic mass is 10.0. The number of rotatable bonds is 2. The summed E-state index contributed by atoms with van der Waals surface area (Å²) < 4.78 is 5.44. The van der Waals surface area contributed by atoms with Crippen molar-refractivity contribution in [1.29, 1.82) is 0 Å². The maximum Gasteiger partial charge on any atom is 0.252 e. The van der Waals surface area contributed by atoms with Crippen molar-refractivity contribution >= 4 is 23.9 Å². The predicted molar refractivity (Wildman–Crippen MR) is 71.1 cm³/mol. The van der Waals surface area contributed by atoms with E-state index in [-0.39, 0.29) is 5.91 Å². The van der Waals surface area contributed by atoms with Crippen molar-refractivity contribution in [3.05, 3.63) is 41.2 Å². The van der Waals surface area contributed by atoms with Crippen LogP contribution in [-0.2, 0) is 9.53 Å². The molecule has 0 saturated carbocycles. The molecule has 0 saturated heterocycles. The van der Waals surface area contributed by atoms with Crippen molar-refractivity contribution in [3.8, 4) is 0 Å². The number of aliphatic imine (C=N–C) groups is 1. The molecule has 0 bridgehead atoms. The summed E-state index contributed by atoms with van der Waals surface area (Å²) in [6, 6.07) is 2.94. The van der Waals surface area contributed by atoms with E-state index in [4.69, 9.17) is 16.3 Å². The van der Waals surface area contributed by atoms with Crippen LogP contribution in [0.1, 0.15) is 11.7 Å². The van der Waals surface area contributed by atoms with Crippen molar-refractivity contribution in [1.82, 2.24) is 9.88 Å². The number of aromatic nitrogens is 1. The first-order valence-electron chi connectivity index (χ1n) is 5.98. The van der Waals surface area contributed by atoms with E-state index < -0.39 is 12.1 Å². The highest BCUT2D eigenvalue weighted by molar-refractivity contribution is 6.29. The highest BCUT2D eigenvalue weighted by Crippen LogP contribution is 2.29. The highest BCUT2D eigenvalue weighted by Gasteiger charge is 2.36. The maximum absolute atomic E-state index is 12.4. The van der Waals surface area contributed by atoms with Crippen molar-refractivity contribution < 1.29 is 9.53 Å². The Balaban J connectivity index is 1.81. The predicted octanol–water partition coefficient (Wildman–Crippen LogP) is 1.60. The minimum Gasteiger partial charge on any atom is -0.473 e. The van der Waals surface area contributed by atoms with Gasteiger partial charge in [0.15, 0.2) is 18.5 Å². The summed E-state index contributed by atoms with van der Waals surface area (Å²) in [4.78, 5) is 22.2. The van der Waals surface area contributed by atoms with Gasteiger partial charge in [0.25, 0.3) is 5.91 Å². The molecule has 1 aromatic rings. The van der Waals surface area contributed by atoms with Crippen LogP contribution in [0.4, 0.5) is 0 Å². The number of carbonyl (C=O) groups excluding carboxylic acids is 1. The number of nitrogens with zero attached hydrogens (tertiary/aromatic N) is 3. The fraction of sp³-hybridized carbons (Fsp3) is 0.308. The third-order valence-corrected chi connectivity index (χ3v) is 3.38. The molecular formula is C13H12ClN3O2. The van der Waals surface area contributed by atoms with Gasteiger partial charge in [-0.2, -0.15) is 0 Å². The Kier molecular flexibility index (Phi) is 3.21. The minimum absolute atomic E-state index is 0.0308. The van der Waals surface area contributed by atoms with Gasteiger partial charge < -0.3 is 9.64 Å². The molecule has 19 heavy (non-hydrogen) atoms. The standard InChI is InChI=1S/C13H12ClN3O2/c14-10-7-9(3-4-15-10)12-11(16-8-19-12)13(18)17-5-1-2-6-17/h1-4,7-8,11-12H,5-6H2/t11-,12+/m0/s1. The van der Waals surface area contributed by atoms with Crippen molar-refractivity contribution in [2.75, 3.05) is 13.1 Å². The summed E-state index contributed by atoms with van der Waals surface area (Å²) in [6.07, 6.45) is 6.45. The average Bonchev–Trinajstić information content (AvgIpc) is 3.09. The first-order chi connectivity index (χ1) is 9.25. The molecule has 3 rings (SSSR count). The van der Waals surface area contributed by atoms with E-state index in [1.54, 1.807) is 23.2 Å². The first kappa shape index (κ1) is 12.2. The van der Waals surface area contributed by atoms with Gasteiger partial charge in [-0.3, -0.25) is 4.79 Å². The first-order valence-corrected chi connectivity index (χ1v) is 6.36. The molecule has 1 amide bonds. The molecule has 0 fully saturated rings. The molecule has 0 spiro atoms. The fourth-order valence-electron chi connectivity index (χ4n) is 2.21. The number of carbonyl (C=O) groups is 1. The molecular weight excluding hydrogens is 266 g/mol. The Labute approximate surface area is 115 Å². The van der Waals surface area contributed by atoms with Crippen LogP contribution < -0.4 is 0 Å². The molecule has 0 N–H and O–H groups in total. The van der Waals surface area contributed by atoms with Crippen molar-refractivity contribution in [2.24, 2.45) is 4.99 Å². The Hall–Kier alpha value is -1.88. The summed E-state index contributed by atoms with van der Waals surface area (Å²) in [5, 5.41) is 0.377. The normalized spacial score (nSPS) is 24.8. The van der Waals surface area contributed by atoms with E-state index in [2.05, 4.69) is 9.98 Å². The number of amides is 1. The zero-order chi connectivity index (χ0) is 13.2. The van der Waals surface area contributed by atoms with Gasteiger partial charge in [0.05, 0.1) is 0 Å². The van der Waals surface area contributed by atoms with Crippen LogP contribution in [0.3, 0.4) is 0 Å². The van der Waals surface area contributed by atoms with E-state index in [1.807, 2.05) is 12.2 Å². The second-order valence-electron chi connectivity index (χ2n) is 4.38. The number of hydrogen-bond acceptors (Lipinski definition) is 4. The Morgan fingerprint density at radius 1 is 1.42 bits per heavy atom. The number of halogens is 1. The zero-order valence-corrected chi connectivity index (χ0v) is 10.8. The molecule has 98 valence electrons. The topological polar surface area (TPSA) is 54.8 Å². The molecule has 1 aromatic heterocycles. The van der Waals surface area contributed by atoms with Gasteiger partial charge in [-0.05, 0) is 17.7 Å². The van der Waals surface area contributed by atoms with Crippen molar-refractivity contribution in [2.45, 2.75) is 12.1 Å². The largest absolute Gasteiger partial charge is 0.473 e. The van der Waals surface area contributed by atoms with Gasteiger partial charge in [0, 0.05) is 19.3 Å². The van der Waals surface area contributed by atoms with Crippen LogP contribution in [0, 0.1) is 0 Å². The average molecular weight is 278 g/mol. The second-order valence-corrected chi connectivity index (χ2v) is 4.77. The van der Waals surface area contributed by atoms with Gasteiger partial charge in [-0.15, -0.1) is 0 Å². The molecule has 2 aliphatic rings. The van der Waals surface area contributed by atoms with E-state index in [0.717, 1.165) is 5.56 Å². The van der Waals surface area contributed by atoms with Crippen LogP contribution in [0.5, 0.6) is 0 Å². The lowest BCUT2D eigenvalue weighted by molar-refractivity contribution is -0.132. The molecule has 3 heterocycles. The smallest absolute Gasteiger partial charge is 0.252 e. The van der Waals surface area contributed by atoms with Crippen molar-refractivity contribution in [3.63, 3.8) is 0 Å².